The number of thiophene rings is 1. The summed E-state index contributed by atoms with van der Waals surface area (Å²) in [4.78, 5) is 50.4. The van der Waals surface area contributed by atoms with Gasteiger partial charge in [0.15, 0.2) is 11.5 Å². The second-order valence-electron chi connectivity index (χ2n) is 7.64. The van der Waals surface area contributed by atoms with E-state index < -0.39 is 17.6 Å². The number of ketones is 1. The SMILES string of the molecule is COc1c(C(=O)NCCCOC(N)=O)sc2c1c(=O)n(CC(=O)c1ccccc1)c1ccccc21. The number of nitrogens with two attached hydrogens (primary N) is 1. The topological polar surface area (TPSA) is 130 Å². The first kappa shape index (κ1) is 24.0. The maximum Gasteiger partial charge on any atom is 0.404 e. The molecule has 0 bridgehead atoms. The van der Waals surface area contributed by atoms with Crippen molar-refractivity contribution in [2.45, 2.75) is 13.0 Å². The van der Waals surface area contributed by atoms with Crippen LogP contribution in [0.1, 0.15) is 26.5 Å². The van der Waals surface area contributed by atoms with Crippen LogP contribution >= 0.6 is 11.3 Å². The van der Waals surface area contributed by atoms with Crippen molar-refractivity contribution < 1.29 is 23.9 Å². The van der Waals surface area contributed by atoms with Crippen LogP contribution in [0.5, 0.6) is 5.75 Å². The number of primary amides is 1. The number of ether oxygens (including phenoxy) is 2. The molecule has 2 amide bonds. The number of rotatable bonds is 9. The molecule has 0 aliphatic carbocycles. The van der Waals surface area contributed by atoms with E-state index in [9.17, 15) is 19.2 Å². The standard InChI is InChI=1S/C25H23N3O6S/c1-33-20-19-21(35-22(20)23(30)27-12-7-13-34-25(26)32)16-10-5-6-11-17(16)28(24(19)31)14-18(29)15-8-3-2-4-9-15/h2-6,8-11H,7,12-14H2,1H3,(H2,26,32)(H,27,30). The molecule has 0 aliphatic rings. The first-order valence-electron chi connectivity index (χ1n) is 10.8. The van der Waals surface area contributed by atoms with Crippen molar-refractivity contribution in [3.8, 4) is 5.75 Å². The number of para-hydroxylation sites is 1. The van der Waals surface area contributed by atoms with Crippen LogP contribution in [0.2, 0.25) is 0 Å². The summed E-state index contributed by atoms with van der Waals surface area (Å²) in [5, 5.41) is 3.73. The van der Waals surface area contributed by atoms with Gasteiger partial charge in [0.25, 0.3) is 11.5 Å². The number of benzene rings is 2. The number of amides is 2. The van der Waals surface area contributed by atoms with Gasteiger partial charge < -0.3 is 20.5 Å². The van der Waals surface area contributed by atoms with Crippen LogP contribution in [0.25, 0.3) is 21.0 Å². The summed E-state index contributed by atoms with van der Waals surface area (Å²) in [5.41, 5.74) is 5.61. The number of aromatic nitrogens is 1. The predicted octanol–water partition coefficient (Wildman–Crippen LogP) is 3.32. The van der Waals surface area contributed by atoms with E-state index in [2.05, 4.69) is 10.1 Å². The maximum atomic E-state index is 13.6. The number of methoxy groups -OCH3 is 1. The molecule has 3 N–H and O–H groups in total. The van der Waals surface area contributed by atoms with E-state index in [4.69, 9.17) is 10.5 Å². The van der Waals surface area contributed by atoms with Gasteiger partial charge in [0.2, 0.25) is 0 Å². The summed E-state index contributed by atoms with van der Waals surface area (Å²) in [6, 6.07) is 16.0. The Morgan fingerprint density at radius 1 is 1.06 bits per heavy atom. The molecule has 180 valence electrons. The van der Waals surface area contributed by atoms with Crippen LogP contribution in [0.15, 0.2) is 59.4 Å². The van der Waals surface area contributed by atoms with Crippen molar-refractivity contribution in [2.24, 2.45) is 5.73 Å². The zero-order valence-corrected chi connectivity index (χ0v) is 19.7. The van der Waals surface area contributed by atoms with Gasteiger partial charge in [-0.15, -0.1) is 11.3 Å². The third-order valence-corrected chi connectivity index (χ3v) is 6.62. The first-order valence-corrected chi connectivity index (χ1v) is 11.6. The van der Waals surface area contributed by atoms with Gasteiger partial charge in [0.1, 0.15) is 10.3 Å². The number of Topliss-reactive ketones (excluding diaryl/α,β-unsaturated/α-hetero) is 1. The minimum absolute atomic E-state index is 0.0734. The van der Waals surface area contributed by atoms with Gasteiger partial charge in [0, 0.05) is 17.5 Å². The number of carbonyl (C=O) groups is 3. The first-order chi connectivity index (χ1) is 16.9. The number of hydrogen-bond acceptors (Lipinski definition) is 7. The van der Waals surface area contributed by atoms with Crippen LogP contribution in [-0.2, 0) is 11.3 Å². The van der Waals surface area contributed by atoms with E-state index in [0.29, 0.717) is 22.2 Å². The highest BCUT2D eigenvalue weighted by Gasteiger charge is 2.25. The molecule has 10 heteroatoms. The van der Waals surface area contributed by atoms with E-state index >= 15 is 0 Å². The van der Waals surface area contributed by atoms with Crippen molar-refractivity contribution in [1.82, 2.24) is 9.88 Å². The van der Waals surface area contributed by atoms with E-state index in [1.807, 2.05) is 18.2 Å². The Bertz CT molecular complexity index is 1480. The molecule has 2 heterocycles. The second kappa shape index (κ2) is 10.4. The van der Waals surface area contributed by atoms with Crippen molar-refractivity contribution in [1.29, 1.82) is 0 Å². The van der Waals surface area contributed by atoms with Crippen LogP contribution in [0.4, 0.5) is 4.79 Å². The average Bonchev–Trinajstić information content (AvgIpc) is 3.26. The summed E-state index contributed by atoms with van der Waals surface area (Å²) in [5.74, 6) is -0.465. The Hall–Kier alpha value is -4.18. The zero-order valence-electron chi connectivity index (χ0n) is 18.9. The number of fused-ring (bicyclic) bond motifs is 3. The van der Waals surface area contributed by atoms with Crippen LogP contribution in [-0.4, -0.2) is 42.6 Å². The average molecular weight is 494 g/mol. The summed E-state index contributed by atoms with van der Waals surface area (Å²) in [7, 11) is 1.40. The molecule has 0 spiro atoms. The van der Waals surface area contributed by atoms with Gasteiger partial charge in [-0.3, -0.25) is 19.0 Å². The molecule has 0 atom stereocenters. The predicted molar refractivity (Wildman–Crippen MR) is 133 cm³/mol. The van der Waals surface area contributed by atoms with E-state index in [1.54, 1.807) is 36.4 Å². The number of pyridine rings is 1. The summed E-state index contributed by atoms with van der Waals surface area (Å²) >= 11 is 1.15. The van der Waals surface area contributed by atoms with Gasteiger partial charge >= 0.3 is 6.09 Å². The molecule has 4 aromatic rings. The fourth-order valence-corrected chi connectivity index (χ4v) is 5.04. The van der Waals surface area contributed by atoms with Crippen molar-refractivity contribution in [3.63, 3.8) is 0 Å². The molecule has 35 heavy (non-hydrogen) atoms. The van der Waals surface area contributed by atoms with E-state index in [1.165, 1.54) is 11.7 Å². The Balaban J connectivity index is 1.75. The largest absolute Gasteiger partial charge is 0.494 e. The lowest BCUT2D eigenvalue weighted by Crippen LogP contribution is -2.26. The van der Waals surface area contributed by atoms with Gasteiger partial charge in [-0.2, -0.15) is 0 Å². The zero-order chi connectivity index (χ0) is 24.9. The number of nitrogens with zero attached hydrogens (tertiary/aromatic N) is 1. The molecule has 0 fully saturated rings. The Morgan fingerprint density at radius 3 is 2.49 bits per heavy atom. The quantitative estimate of drug-likeness (QED) is 0.272. The maximum absolute atomic E-state index is 13.6. The summed E-state index contributed by atoms with van der Waals surface area (Å²) in [6.07, 6.45) is -0.504. The fourth-order valence-electron chi connectivity index (χ4n) is 3.83. The van der Waals surface area contributed by atoms with Crippen molar-refractivity contribution in [2.75, 3.05) is 20.3 Å². The van der Waals surface area contributed by atoms with Gasteiger partial charge in [-0.1, -0.05) is 48.5 Å². The number of nitrogens with one attached hydrogen (secondary N) is 1. The monoisotopic (exact) mass is 493 g/mol. The van der Waals surface area contributed by atoms with Crippen molar-refractivity contribution in [3.05, 3.63) is 75.4 Å². The Labute approximate surface area is 204 Å². The smallest absolute Gasteiger partial charge is 0.404 e. The molecular formula is C25H23N3O6S. The molecule has 0 aliphatic heterocycles. The van der Waals surface area contributed by atoms with Crippen LogP contribution in [0, 0.1) is 0 Å². The molecule has 2 aromatic carbocycles. The number of hydrogen-bond donors (Lipinski definition) is 2. The summed E-state index contributed by atoms with van der Waals surface area (Å²) in [6.45, 7) is 0.156. The van der Waals surface area contributed by atoms with E-state index in [-0.39, 0.29) is 41.5 Å². The molecule has 0 saturated heterocycles. The lowest BCUT2D eigenvalue weighted by Gasteiger charge is -2.11. The lowest BCUT2D eigenvalue weighted by molar-refractivity contribution is 0.0948. The highest BCUT2D eigenvalue weighted by Crippen LogP contribution is 2.39. The molecule has 0 unspecified atom stereocenters. The molecule has 0 radical (unpaired) electrons. The summed E-state index contributed by atoms with van der Waals surface area (Å²) < 4.78 is 12.2. The van der Waals surface area contributed by atoms with Crippen molar-refractivity contribution >= 4 is 50.1 Å². The number of carbonyl (C=O) groups excluding carboxylic acids is 3. The fraction of sp³-hybridized carbons (Fsp3) is 0.200. The Morgan fingerprint density at radius 2 is 1.77 bits per heavy atom. The third-order valence-electron chi connectivity index (χ3n) is 5.42. The minimum atomic E-state index is -0.878. The van der Waals surface area contributed by atoms with Gasteiger partial charge in [-0.25, -0.2) is 4.79 Å². The van der Waals surface area contributed by atoms with Crippen LogP contribution in [0.3, 0.4) is 0 Å². The molecule has 4 rings (SSSR count). The van der Waals surface area contributed by atoms with Gasteiger partial charge in [-0.05, 0) is 12.5 Å². The lowest BCUT2D eigenvalue weighted by atomic mass is 10.1. The highest BCUT2D eigenvalue weighted by molar-refractivity contribution is 7.22. The van der Waals surface area contributed by atoms with Crippen LogP contribution < -0.4 is 21.3 Å². The van der Waals surface area contributed by atoms with Gasteiger partial charge in [0.05, 0.1) is 30.5 Å². The highest BCUT2D eigenvalue weighted by atomic mass is 32.1. The molecule has 9 nitrogen and oxygen atoms in total. The minimum Gasteiger partial charge on any atom is -0.494 e. The second-order valence-corrected chi connectivity index (χ2v) is 8.66. The van der Waals surface area contributed by atoms with E-state index in [0.717, 1.165) is 16.7 Å². The molecular weight excluding hydrogens is 470 g/mol. The normalized spacial score (nSPS) is 10.9. The molecule has 0 saturated carbocycles. The third kappa shape index (κ3) is 4.87. The molecule has 2 aromatic heterocycles. The Kier molecular flexibility index (Phi) is 7.11.